The van der Waals surface area contributed by atoms with Crippen LogP contribution in [0, 0.1) is 0 Å². The van der Waals surface area contributed by atoms with Crippen LogP contribution in [0.25, 0.3) is 0 Å². The fourth-order valence-electron chi connectivity index (χ4n) is 1.97. The highest BCUT2D eigenvalue weighted by molar-refractivity contribution is 5.76. The Bertz CT molecular complexity index is 334. The van der Waals surface area contributed by atoms with Gasteiger partial charge in [0.2, 0.25) is 0 Å². The summed E-state index contributed by atoms with van der Waals surface area (Å²) in [5, 5.41) is 0. The van der Waals surface area contributed by atoms with Crippen LogP contribution in [0.3, 0.4) is 0 Å². The van der Waals surface area contributed by atoms with Crippen molar-refractivity contribution < 1.29 is 9.53 Å². The number of hydrogen-bond acceptors (Lipinski definition) is 3. The molecule has 1 fully saturated rings. The molecule has 3 atom stereocenters. The van der Waals surface area contributed by atoms with Crippen LogP contribution in [-0.2, 0) is 9.53 Å². The Morgan fingerprint density at radius 2 is 2.47 bits per heavy atom. The van der Waals surface area contributed by atoms with Gasteiger partial charge in [-0.25, -0.2) is 4.98 Å². The molecule has 0 aliphatic carbocycles. The molecule has 4 nitrogen and oxygen atoms in total. The van der Waals surface area contributed by atoms with Crippen LogP contribution in [0.4, 0.5) is 0 Å². The van der Waals surface area contributed by atoms with E-state index < -0.39 is 0 Å². The van der Waals surface area contributed by atoms with Gasteiger partial charge in [0, 0.05) is 18.8 Å². The lowest BCUT2D eigenvalue weighted by atomic mass is 10.0. The van der Waals surface area contributed by atoms with Crippen LogP contribution in [0.15, 0.2) is 18.7 Å². The van der Waals surface area contributed by atoms with Gasteiger partial charge in [0.1, 0.15) is 11.9 Å². The standard InChI is InChI=1S/C11H16N2O2/c1-3-10-11(15-10)9(6-8(2)14)13-5-4-12-7-13/h4-5,7,9-11H,3,6H2,1-2H3/t9?,10-,11-/m0/s1. The van der Waals surface area contributed by atoms with Crippen molar-refractivity contribution in [2.75, 3.05) is 0 Å². The summed E-state index contributed by atoms with van der Waals surface area (Å²) in [6, 6.07) is 0.120. The minimum atomic E-state index is 0.120. The topological polar surface area (TPSA) is 47.4 Å². The van der Waals surface area contributed by atoms with Gasteiger partial charge < -0.3 is 9.30 Å². The first-order valence-corrected chi connectivity index (χ1v) is 5.34. The van der Waals surface area contributed by atoms with E-state index in [0.717, 1.165) is 6.42 Å². The predicted octanol–water partition coefficient (Wildman–Crippen LogP) is 1.58. The largest absolute Gasteiger partial charge is 0.367 e. The Morgan fingerprint density at radius 1 is 1.67 bits per heavy atom. The van der Waals surface area contributed by atoms with Crippen molar-refractivity contribution in [1.29, 1.82) is 0 Å². The van der Waals surface area contributed by atoms with E-state index in [1.165, 1.54) is 0 Å². The molecule has 0 saturated carbocycles. The van der Waals surface area contributed by atoms with E-state index in [9.17, 15) is 4.79 Å². The number of imidazole rings is 1. The van der Waals surface area contributed by atoms with Crippen LogP contribution in [0.5, 0.6) is 0 Å². The number of carbonyl (C=O) groups excluding carboxylic acids is 1. The van der Waals surface area contributed by atoms with E-state index in [1.54, 1.807) is 19.4 Å². The summed E-state index contributed by atoms with van der Waals surface area (Å²) < 4.78 is 7.53. The van der Waals surface area contributed by atoms with Crippen LogP contribution < -0.4 is 0 Å². The molecule has 0 amide bonds. The number of Topliss-reactive ketones (excluding diaryl/α,β-unsaturated/α-hetero) is 1. The van der Waals surface area contributed by atoms with E-state index in [0.29, 0.717) is 12.5 Å². The van der Waals surface area contributed by atoms with E-state index in [1.807, 2.05) is 10.8 Å². The van der Waals surface area contributed by atoms with Crippen molar-refractivity contribution in [3.05, 3.63) is 18.7 Å². The van der Waals surface area contributed by atoms with Gasteiger partial charge in [0.25, 0.3) is 0 Å². The zero-order valence-electron chi connectivity index (χ0n) is 9.09. The number of nitrogens with zero attached hydrogens (tertiary/aromatic N) is 2. The van der Waals surface area contributed by atoms with Crippen LogP contribution in [-0.4, -0.2) is 27.5 Å². The molecule has 1 unspecified atom stereocenters. The van der Waals surface area contributed by atoms with Crippen molar-refractivity contribution in [2.45, 2.75) is 44.9 Å². The van der Waals surface area contributed by atoms with Crippen molar-refractivity contribution in [1.82, 2.24) is 9.55 Å². The SMILES string of the molecule is CC[C@@H]1O[C@H]1C(CC(C)=O)n1ccnc1. The summed E-state index contributed by atoms with van der Waals surface area (Å²) in [5.74, 6) is 0.194. The highest BCUT2D eigenvalue weighted by Gasteiger charge is 2.44. The number of hydrogen-bond donors (Lipinski definition) is 0. The molecule has 1 aliphatic heterocycles. The zero-order valence-corrected chi connectivity index (χ0v) is 9.09. The van der Waals surface area contributed by atoms with Crippen LogP contribution in [0.1, 0.15) is 32.7 Å². The molecule has 1 aliphatic rings. The summed E-state index contributed by atoms with van der Waals surface area (Å²) in [7, 11) is 0. The number of rotatable bonds is 5. The van der Waals surface area contributed by atoms with E-state index in [-0.39, 0.29) is 17.9 Å². The smallest absolute Gasteiger partial charge is 0.132 e. The van der Waals surface area contributed by atoms with Gasteiger partial charge in [-0.3, -0.25) is 4.79 Å². The first-order chi connectivity index (χ1) is 7.22. The average Bonchev–Trinajstić information content (AvgIpc) is 2.78. The fraction of sp³-hybridized carbons (Fsp3) is 0.636. The maximum absolute atomic E-state index is 11.2. The Balaban J connectivity index is 2.07. The maximum atomic E-state index is 11.2. The number of epoxide rings is 1. The molecule has 1 aromatic heterocycles. The molecular weight excluding hydrogens is 192 g/mol. The second-order valence-corrected chi connectivity index (χ2v) is 4.03. The summed E-state index contributed by atoms with van der Waals surface area (Å²) in [5.41, 5.74) is 0. The summed E-state index contributed by atoms with van der Waals surface area (Å²) in [4.78, 5) is 15.2. The molecule has 4 heteroatoms. The van der Waals surface area contributed by atoms with Gasteiger partial charge in [-0.15, -0.1) is 0 Å². The van der Waals surface area contributed by atoms with Gasteiger partial charge in [-0.1, -0.05) is 6.92 Å². The van der Waals surface area contributed by atoms with Gasteiger partial charge in [0.15, 0.2) is 0 Å². The molecule has 0 aromatic carbocycles. The van der Waals surface area contributed by atoms with Crippen molar-refractivity contribution in [3.63, 3.8) is 0 Å². The van der Waals surface area contributed by atoms with Gasteiger partial charge in [-0.05, 0) is 13.3 Å². The number of ketones is 1. The number of aromatic nitrogens is 2. The van der Waals surface area contributed by atoms with Gasteiger partial charge in [0.05, 0.1) is 18.5 Å². The van der Waals surface area contributed by atoms with Gasteiger partial charge >= 0.3 is 0 Å². The Morgan fingerprint density at radius 3 is 2.93 bits per heavy atom. The summed E-state index contributed by atoms with van der Waals surface area (Å²) in [6.45, 7) is 3.72. The van der Waals surface area contributed by atoms with Gasteiger partial charge in [-0.2, -0.15) is 0 Å². The Labute approximate surface area is 89.3 Å². The highest BCUT2D eigenvalue weighted by atomic mass is 16.6. The number of carbonyl (C=O) groups is 1. The van der Waals surface area contributed by atoms with Crippen molar-refractivity contribution >= 4 is 5.78 Å². The summed E-state index contributed by atoms with van der Waals surface area (Å²) in [6.07, 6.45) is 7.41. The van der Waals surface area contributed by atoms with E-state index in [2.05, 4.69) is 11.9 Å². The van der Waals surface area contributed by atoms with Crippen molar-refractivity contribution in [3.8, 4) is 0 Å². The lowest BCUT2D eigenvalue weighted by molar-refractivity contribution is -0.117. The molecule has 15 heavy (non-hydrogen) atoms. The lowest BCUT2D eigenvalue weighted by Crippen LogP contribution is -2.18. The second kappa shape index (κ2) is 4.14. The minimum absolute atomic E-state index is 0.120. The molecule has 0 N–H and O–H groups in total. The van der Waals surface area contributed by atoms with Crippen molar-refractivity contribution in [2.24, 2.45) is 0 Å². The summed E-state index contributed by atoms with van der Waals surface area (Å²) >= 11 is 0. The third kappa shape index (κ3) is 2.26. The molecule has 0 spiro atoms. The average molecular weight is 208 g/mol. The first kappa shape index (κ1) is 10.4. The third-order valence-corrected chi connectivity index (χ3v) is 2.81. The van der Waals surface area contributed by atoms with Crippen LogP contribution >= 0.6 is 0 Å². The third-order valence-electron chi connectivity index (χ3n) is 2.81. The first-order valence-electron chi connectivity index (χ1n) is 5.34. The molecule has 2 heterocycles. The molecule has 0 radical (unpaired) electrons. The normalized spacial score (nSPS) is 26.3. The quantitative estimate of drug-likeness (QED) is 0.690. The molecule has 2 rings (SSSR count). The highest BCUT2D eigenvalue weighted by Crippen LogP contribution is 2.36. The van der Waals surface area contributed by atoms with E-state index in [4.69, 9.17) is 4.74 Å². The van der Waals surface area contributed by atoms with E-state index >= 15 is 0 Å². The Hall–Kier alpha value is -1.16. The maximum Gasteiger partial charge on any atom is 0.132 e. The zero-order chi connectivity index (χ0) is 10.8. The predicted molar refractivity (Wildman–Crippen MR) is 55.5 cm³/mol. The molecule has 0 bridgehead atoms. The Kier molecular flexibility index (Phi) is 2.86. The van der Waals surface area contributed by atoms with Crippen LogP contribution in [0.2, 0.25) is 0 Å². The molecule has 82 valence electrons. The molecular formula is C11H16N2O2. The molecule has 1 aromatic rings. The lowest BCUT2D eigenvalue weighted by Gasteiger charge is -2.14. The molecule has 1 saturated heterocycles. The number of ether oxygens (including phenoxy) is 1. The second-order valence-electron chi connectivity index (χ2n) is 4.03. The monoisotopic (exact) mass is 208 g/mol. The minimum Gasteiger partial charge on any atom is -0.367 e. The fourth-order valence-corrected chi connectivity index (χ4v) is 1.97.